The third kappa shape index (κ3) is 9.97. The van der Waals surface area contributed by atoms with Gasteiger partial charge in [-0.25, -0.2) is 14.8 Å². The maximum atomic E-state index is 12.3. The molecule has 0 saturated carbocycles. The number of anilines is 1. The lowest BCUT2D eigenvalue weighted by atomic mass is 9.96. The van der Waals surface area contributed by atoms with Gasteiger partial charge in [0.1, 0.15) is 6.61 Å². The summed E-state index contributed by atoms with van der Waals surface area (Å²) in [6, 6.07) is 7.40. The van der Waals surface area contributed by atoms with Crippen molar-refractivity contribution in [3.8, 4) is 11.5 Å². The predicted molar refractivity (Wildman–Crippen MR) is 129 cm³/mol. The van der Waals surface area contributed by atoms with Crippen molar-refractivity contribution in [2.24, 2.45) is 0 Å². The van der Waals surface area contributed by atoms with Gasteiger partial charge in [0.15, 0.2) is 17.1 Å². The Morgan fingerprint density at radius 2 is 1.43 bits per heavy atom. The fraction of sp³-hybridized carbons (Fsp3) is 0.391. The number of aliphatic carboxylic acids is 3. The summed E-state index contributed by atoms with van der Waals surface area (Å²) < 4.78 is 10.9. The van der Waals surface area contributed by atoms with Crippen LogP contribution < -0.4 is 14.4 Å². The Balaban J connectivity index is 0.000000448. The minimum atomic E-state index is -2.74. The van der Waals surface area contributed by atoms with E-state index in [1.807, 2.05) is 38.4 Å². The number of methoxy groups -OCH3 is 1. The molecule has 1 aromatic carbocycles. The number of aliphatic hydroxyl groups is 1. The number of hydrogen-bond acceptors (Lipinski definition) is 10. The number of hydrogen-bond donors (Lipinski definition) is 4. The van der Waals surface area contributed by atoms with Gasteiger partial charge in [0.25, 0.3) is 5.91 Å². The molecule has 2 rings (SSSR count). The van der Waals surface area contributed by atoms with Gasteiger partial charge in [0.05, 0.1) is 32.1 Å². The highest BCUT2D eigenvalue weighted by Gasteiger charge is 2.40. The van der Waals surface area contributed by atoms with Crippen LogP contribution in [0.25, 0.3) is 0 Å². The number of ether oxygens (including phenoxy) is 2. The first kappa shape index (κ1) is 30.6. The SMILES string of the molecule is COc1ccccc1OCCN(C)C(=O)c1cnc(N(C)C)nc1.O=C(O)CC(O)(CC(=O)O)C(=O)O. The molecule has 37 heavy (non-hydrogen) atoms. The zero-order chi connectivity index (χ0) is 28.2. The van der Waals surface area contributed by atoms with E-state index < -0.39 is 36.4 Å². The molecule has 2 aromatic rings. The summed E-state index contributed by atoms with van der Waals surface area (Å²) in [6.07, 6.45) is 0.772. The van der Waals surface area contributed by atoms with E-state index in [0.29, 0.717) is 36.2 Å². The van der Waals surface area contributed by atoms with Crippen molar-refractivity contribution >= 4 is 29.8 Å². The number of benzene rings is 1. The molecule has 0 bridgehead atoms. The first-order valence-electron chi connectivity index (χ1n) is 10.7. The summed E-state index contributed by atoms with van der Waals surface area (Å²) in [5.74, 6) is -3.29. The van der Waals surface area contributed by atoms with E-state index in [2.05, 4.69) is 9.97 Å². The maximum absolute atomic E-state index is 12.3. The molecule has 1 amide bonds. The summed E-state index contributed by atoms with van der Waals surface area (Å²) in [5.41, 5.74) is -2.29. The largest absolute Gasteiger partial charge is 0.493 e. The molecule has 14 nitrogen and oxygen atoms in total. The lowest BCUT2D eigenvalue weighted by molar-refractivity contribution is -0.170. The zero-order valence-electron chi connectivity index (χ0n) is 20.8. The van der Waals surface area contributed by atoms with Crippen molar-refractivity contribution < 1.29 is 49.1 Å². The summed E-state index contributed by atoms with van der Waals surface area (Å²) >= 11 is 0. The van der Waals surface area contributed by atoms with Crippen LogP contribution in [0.4, 0.5) is 5.95 Å². The van der Waals surface area contributed by atoms with Crippen LogP contribution in [-0.2, 0) is 14.4 Å². The molecule has 1 heterocycles. The molecule has 0 aliphatic heterocycles. The average molecular weight is 523 g/mol. The number of aromatic nitrogens is 2. The molecule has 0 aliphatic rings. The Labute approximate surface area is 212 Å². The van der Waals surface area contributed by atoms with E-state index in [-0.39, 0.29) is 5.91 Å². The second-order valence-corrected chi connectivity index (χ2v) is 7.87. The van der Waals surface area contributed by atoms with Crippen LogP contribution in [0, 0.1) is 0 Å². The van der Waals surface area contributed by atoms with Crippen LogP contribution in [0.5, 0.6) is 11.5 Å². The second-order valence-electron chi connectivity index (χ2n) is 7.87. The maximum Gasteiger partial charge on any atom is 0.336 e. The van der Waals surface area contributed by atoms with Gasteiger partial charge in [-0.2, -0.15) is 0 Å². The molecule has 0 unspecified atom stereocenters. The number of likely N-dealkylation sites (N-methyl/N-ethyl adjacent to an activating group) is 1. The summed E-state index contributed by atoms with van der Waals surface area (Å²) in [6.45, 7) is 0.797. The highest BCUT2D eigenvalue weighted by Crippen LogP contribution is 2.25. The second kappa shape index (κ2) is 14.2. The Bertz CT molecular complexity index is 1060. The van der Waals surface area contributed by atoms with Crippen LogP contribution >= 0.6 is 0 Å². The molecule has 4 N–H and O–H groups in total. The molecule has 0 radical (unpaired) electrons. The van der Waals surface area contributed by atoms with Gasteiger partial charge in [-0.05, 0) is 12.1 Å². The number of rotatable bonds is 12. The van der Waals surface area contributed by atoms with E-state index in [4.69, 9.17) is 29.9 Å². The fourth-order valence-corrected chi connectivity index (χ4v) is 2.73. The summed E-state index contributed by atoms with van der Waals surface area (Å²) in [4.78, 5) is 54.5. The molecule has 14 heteroatoms. The van der Waals surface area contributed by atoms with Crippen molar-refractivity contribution in [3.63, 3.8) is 0 Å². The third-order valence-corrected chi connectivity index (χ3v) is 4.67. The van der Waals surface area contributed by atoms with Gasteiger partial charge in [0, 0.05) is 33.5 Å². The Morgan fingerprint density at radius 1 is 0.919 bits per heavy atom. The Morgan fingerprint density at radius 3 is 1.86 bits per heavy atom. The molecule has 0 saturated heterocycles. The number of carboxylic acids is 3. The van der Waals surface area contributed by atoms with Crippen LogP contribution in [0.2, 0.25) is 0 Å². The van der Waals surface area contributed by atoms with Crippen molar-refractivity contribution in [2.45, 2.75) is 18.4 Å². The fourth-order valence-electron chi connectivity index (χ4n) is 2.73. The molecular weight excluding hydrogens is 492 g/mol. The normalized spacial score (nSPS) is 10.4. The quantitative estimate of drug-likeness (QED) is 0.300. The van der Waals surface area contributed by atoms with E-state index in [1.165, 1.54) is 12.4 Å². The first-order valence-corrected chi connectivity index (χ1v) is 10.7. The first-order chi connectivity index (χ1) is 17.3. The molecule has 0 atom stereocenters. The van der Waals surface area contributed by atoms with Crippen LogP contribution in [0.15, 0.2) is 36.7 Å². The lowest BCUT2D eigenvalue weighted by Crippen LogP contribution is -2.42. The lowest BCUT2D eigenvalue weighted by Gasteiger charge is -2.18. The molecular formula is C23H30N4O10. The summed E-state index contributed by atoms with van der Waals surface area (Å²) in [5, 5.41) is 33.8. The third-order valence-electron chi connectivity index (χ3n) is 4.67. The van der Waals surface area contributed by atoms with Crippen molar-refractivity contribution in [1.82, 2.24) is 14.9 Å². The van der Waals surface area contributed by atoms with Crippen molar-refractivity contribution in [1.29, 1.82) is 0 Å². The number of para-hydroxylation sites is 2. The molecule has 202 valence electrons. The van der Waals surface area contributed by atoms with E-state index in [1.54, 1.807) is 24.0 Å². The molecule has 0 spiro atoms. The standard InChI is InChI=1S/C17H22N4O3.C6H8O7/c1-20(2)17-18-11-13(12-19-17)16(22)21(3)9-10-24-15-8-6-5-7-14(15)23-4;7-3(8)1-6(13,5(11)12)2-4(9)10/h5-8,11-12H,9-10H2,1-4H3;13H,1-2H2,(H,7,8)(H,9,10)(H,11,12). The van der Waals surface area contributed by atoms with Crippen LogP contribution in [0.3, 0.4) is 0 Å². The number of carbonyl (C=O) groups excluding carboxylic acids is 1. The summed E-state index contributed by atoms with van der Waals surface area (Å²) in [7, 11) is 7.00. The minimum Gasteiger partial charge on any atom is -0.493 e. The smallest absolute Gasteiger partial charge is 0.336 e. The highest BCUT2D eigenvalue weighted by atomic mass is 16.5. The number of amides is 1. The number of nitrogens with zero attached hydrogens (tertiary/aromatic N) is 4. The predicted octanol–water partition coefficient (Wildman–Crippen LogP) is 0.454. The van der Waals surface area contributed by atoms with Crippen LogP contribution in [0.1, 0.15) is 23.2 Å². The van der Waals surface area contributed by atoms with Gasteiger partial charge < -0.3 is 39.7 Å². The van der Waals surface area contributed by atoms with E-state index in [9.17, 15) is 19.2 Å². The topological polar surface area (TPSA) is 200 Å². The van der Waals surface area contributed by atoms with Gasteiger partial charge in [0.2, 0.25) is 5.95 Å². The Hall–Kier alpha value is -4.46. The highest BCUT2D eigenvalue weighted by molar-refractivity contribution is 5.93. The number of carboxylic acid groups (broad SMARTS) is 3. The molecule has 1 aromatic heterocycles. The molecule has 0 aliphatic carbocycles. The van der Waals surface area contributed by atoms with Gasteiger partial charge in [-0.3, -0.25) is 14.4 Å². The monoisotopic (exact) mass is 522 g/mol. The van der Waals surface area contributed by atoms with Crippen LogP contribution in [-0.4, -0.2) is 106 Å². The van der Waals surface area contributed by atoms with Gasteiger partial charge in [-0.15, -0.1) is 0 Å². The Kier molecular flexibility index (Phi) is 11.7. The van der Waals surface area contributed by atoms with Crippen molar-refractivity contribution in [2.75, 3.05) is 46.3 Å². The van der Waals surface area contributed by atoms with E-state index in [0.717, 1.165) is 0 Å². The number of carbonyl (C=O) groups is 4. The minimum absolute atomic E-state index is 0.149. The van der Waals surface area contributed by atoms with Gasteiger partial charge in [-0.1, -0.05) is 12.1 Å². The van der Waals surface area contributed by atoms with E-state index >= 15 is 0 Å². The van der Waals surface area contributed by atoms with Crippen molar-refractivity contribution in [3.05, 3.63) is 42.2 Å². The van der Waals surface area contributed by atoms with Gasteiger partial charge >= 0.3 is 17.9 Å². The molecule has 0 fully saturated rings. The zero-order valence-corrected chi connectivity index (χ0v) is 20.8. The average Bonchev–Trinajstić information content (AvgIpc) is 2.83.